The van der Waals surface area contributed by atoms with Crippen LogP contribution < -0.4 is 0 Å². The minimum absolute atomic E-state index is 0.148. The van der Waals surface area contributed by atoms with E-state index in [4.69, 9.17) is 11.6 Å². The van der Waals surface area contributed by atoms with E-state index in [1.54, 1.807) is 24.4 Å². The van der Waals surface area contributed by atoms with Crippen molar-refractivity contribution in [3.05, 3.63) is 59.4 Å². The van der Waals surface area contributed by atoms with Crippen molar-refractivity contribution in [1.29, 1.82) is 0 Å². The molecule has 0 saturated heterocycles. The van der Waals surface area contributed by atoms with Gasteiger partial charge in [-0.25, -0.2) is 8.42 Å². The maximum absolute atomic E-state index is 12.6. The fraction of sp³-hybridized carbons (Fsp3) is 0.267. The van der Waals surface area contributed by atoms with Crippen LogP contribution in [0.5, 0.6) is 0 Å². The SMILES string of the molecule is CCN(CCc1ccccn1)S(=O)(=O)c1ccccc1Cl. The van der Waals surface area contributed by atoms with Gasteiger partial charge in [0.25, 0.3) is 0 Å². The quantitative estimate of drug-likeness (QED) is 0.820. The van der Waals surface area contributed by atoms with Crippen LogP contribution >= 0.6 is 11.6 Å². The van der Waals surface area contributed by atoms with Crippen LogP contribution in [0, 0.1) is 0 Å². The third kappa shape index (κ3) is 3.81. The lowest BCUT2D eigenvalue weighted by atomic mass is 10.3. The molecule has 0 amide bonds. The van der Waals surface area contributed by atoms with Gasteiger partial charge in [0.05, 0.1) is 5.02 Å². The third-order valence-electron chi connectivity index (χ3n) is 3.15. The van der Waals surface area contributed by atoms with E-state index in [-0.39, 0.29) is 9.92 Å². The van der Waals surface area contributed by atoms with Gasteiger partial charge in [-0.2, -0.15) is 4.31 Å². The zero-order valence-corrected chi connectivity index (χ0v) is 13.3. The van der Waals surface area contributed by atoms with Gasteiger partial charge in [0.15, 0.2) is 0 Å². The van der Waals surface area contributed by atoms with Crippen LogP contribution in [0.25, 0.3) is 0 Å². The Hall–Kier alpha value is -1.43. The van der Waals surface area contributed by atoms with Crippen LogP contribution in [0.3, 0.4) is 0 Å². The Labute approximate surface area is 130 Å². The van der Waals surface area contributed by atoms with E-state index in [0.29, 0.717) is 19.5 Å². The number of hydrogen-bond acceptors (Lipinski definition) is 3. The molecule has 1 aromatic carbocycles. The third-order valence-corrected chi connectivity index (χ3v) is 5.62. The average Bonchev–Trinajstić information content (AvgIpc) is 2.49. The van der Waals surface area contributed by atoms with Gasteiger partial charge in [-0.3, -0.25) is 4.98 Å². The number of halogens is 1. The summed E-state index contributed by atoms with van der Waals surface area (Å²) < 4.78 is 26.7. The summed E-state index contributed by atoms with van der Waals surface area (Å²) >= 11 is 6.01. The van der Waals surface area contributed by atoms with Gasteiger partial charge < -0.3 is 0 Å². The van der Waals surface area contributed by atoms with Gasteiger partial charge in [0.2, 0.25) is 10.0 Å². The number of hydrogen-bond donors (Lipinski definition) is 0. The predicted octanol–water partition coefficient (Wildman–Crippen LogP) is 2.99. The van der Waals surface area contributed by atoms with Crippen molar-refractivity contribution < 1.29 is 8.42 Å². The van der Waals surface area contributed by atoms with Crippen LogP contribution in [0.15, 0.2) is 53.6 Å². The van der Waals surface area contributed by atoms with Gasteiger partial charge in [-0.05, 0) is 24.3 Å². The standard InChI is InChI=1S/C15H17ClN2O2S/c1-2-18(12-10-13-7-5-6-11-17-13)21(19,20)15-9-4-3-8-14(15)16/h3-9,11H,2,10,12H2,1H3. The number of rotatable bonds is 6. The largest absolute Gasteiger partial charge is 0.261 e. The number of aromatic nitrogens is 1. The summed E-state index contributed by atoms with van der Waals surface area (Å²) in [5.74, 6) is 0. The second-order valence-electron chi connectivity index (χ2n) is 4.50. The molecule has 0 unspecified atom stereocenters. The van der Waals surface area contributed by atoms with Crippen molar-refractivity contribution in [2.75, 3.05) is 13.1 Å². The zero-order chi connectivity index (χ0) is 15.3. The van der Waals surface area contributed by atoms with E-state index in [1.807, 2.05) is 25.1 Å². The van der Waals surface area contributed by atoms with Crippen LogP contribution in [-0.2, 0) is 16.4 Å². The Morgan fingerprint density at radius 2 is 1.86 bits per heavy atom. The van der Waals surface area contributed by atoms with Gasteiger partial charge in [-0.15, -0.1) is 0 Å². The normalized spacial score (nSPS) is 11.8. The molecule has 0 fully saturated rings. The van der Waals surface area contributed by atoms with Crippen molar-refractivity contribution in [2.24, 2.45) is 0 Å². The van der Waals surface area contributed by atoms with E-state index >= 15 is 0 Å². The van der Waals surface area contributed by atoms with Gasteiger partial charge in [-0.1, -0.05) is 36.7 Å². The van der Waals surface area contributed by atoms with Crippen molar-refractivity contribution >= 4 is 21.6 Å². The summed E-state index contributed by atoms with van der Waals surface area (Å²) in [5.41, 5.74) is 0.866. The fourth-order valence-corrected chi connectivity index (χ4v) is 3.97. The van der Waals surface area contributed by atoms with E-state index in [2.05, 4.69) is 4.98 Å². The molecule has 112 valence electrons. The van der Waals surface area contributed by atoms with E-state index in [0.717, 1.165) is 5.69 Å². The number of sulfonamides is 1. The zero-order valence-electron chi connectivity index (χ0n) is 11.7. The van der Waals surface area contributed by atoms with E-state index in [9.17, 15) is 8.42 Å². The Bertz CT molecular complexity index is 690. The molecule has 0 aliphatic carbocycles. The second-order valence-corrected chi connectivity index (χ2v) is 6.81. The molecular weight excluding hydrogens is 308 g/mol. The first-order chi connectivity index (χ1) is 10.1. The van der Waals surface area contributed by atoms with Crippen LogP contribution in [0.2, 0.25) is 5.02 Å². The summed E-state index contributed by atoms with van der Waals surface area (Å²) in [6, 6.07) is 12.1. The number of nitrogens with zero attached hydrogens (tertiary/aromatic N) is 2. The molecule has 0 bridgehead atoms. The molecule has 0 N–H and O–H groups in total. The molecule has 6 heteroatoms. The predicted molar refractivity (Wildman–Crippen MR) is 83.8 cm³/mol. The van der Waals surface area contributed by atoms with Crippen molar-refractivity contribution in [3.63, 3.8) is 0 Å². The molecule has 0 saturated carbocycles. The molecule has 0 radical (unpaired) electrons. The van der Waals surface area contributed by atoms with Gasteiger partial charge in [0.1, 0.15) is 4.90 Å². The first kappa shape index (κ1) is 15.9. The molecule has 0 aliphatic rings. The highest BCUT2D eigenvalue weighted by molar-refractivity contribution is 7.89. The van der Waals surface area contributed by atoms with Gasteiger partial charge >= 0.3 is 0 Å². The molecule has 1 aromatic heterocycles. The first-order valence-corrected chi connectivity index (χ1v) is 8.52. The maximum atomic E-state index is 12.6. The fourth-order valence-electron chi connectivity index (χ4n) is 2.03. The lowest BCUT2D eigenvalue weighted by Crippen LogP contribution is -2.33. The Balaban J connectivity index is 2.19. The lowest BCUT2D eigenvalue weighted by molar-refractivity contribution is 0.429. The summed E-state index contributed by atoms with van der Waals surface area (Å²) in [6.45, 7) is 2.58. The molecule has 21 heavy (non-hydrogen) atoms. The number of benzene rings is 1. The molecule has 4 nitrogen and oxygen atoms in total. The second kappa shape index (κ2) is 7.02. The Kier molecular flexibility index (Phi) is 5.33. The minimum Gasteiger partial charge on any atom is -0.261 e. The Morgan fingerprint density at radius 3 is 2.48 bits per heavy atom. The average molecular weight is 325 g/mol. The molecule has 1 heterocycles. The topological polar surface area (TPSA) is 50.3 Å². The minimum atomic E-state index is -3.58. The number of likely N-dealkylation sites (N-methyl/N-ethyl adjacent to an activating group) is 1. The molecule has 0 aliphatic heterocycles. The highest BCUT2D eigenvalue weighted by Gasteiger charge is 2.24. The summed E-state index contributed by atoms with van der Waals surface area (Å²) in [5, 5.41) is 0.244. The van der Waals surface area contributed by atoms with Crippen LogP contribution in [0.4, 0.5) is 0 Å². The summed E-state index contributed by atoms with van der Waals surface area (Å²) in [7, 11) is -3.58. The lowest BCUT2D eigenvalue weighted by Gasteiger charge is -2.20. The number of pyridine rings is 1. The monoisotopic (exact) mass is 324 g/mol. The smallest absolute Gasteiger partial charge is 0.244 e. The maximum Gasteiger partial charge on any atom is 0.244 e. The van der Waals surface area contributed by atoms with Crippen molar-refractivity contribution in [1.82, 2.24) is 9.29 Å². The molecule has 2 rings (SSSR count). The summed E-state index contributed by atoms with van der Waals surface area (Å²) in [4.78, 5) is 4.36. The molecule has 0 atom stereocenters. The van der Waals surface area contributed by atoms with Crippen LogP contribution in [-0.4, -0.2) is 30.8 Å². The Morgan fingerprint density at radius 1 is 1.14 bits per heavy atom. The first-order valence-electron chi connectivity index (χ1n) is 6.70. The van der Waals surface area contributed by atoms with Crippen LogP contribution in [0.1, 0.15) is 12.6 Å². The van der Waals surface area contributed by atoms with E-state index < -0.39 is 10.0 Å². The molecule has 2 aromatic rings. The highest BCUT2D eigenvalue weighted by Crippen LogP contribution is 2.24. The van der Waals surface area contributed by atoms with Crippen molar-refractivity contribution in [3.8, 4) is 0 Å². The highest BCUT2D eigenvalue weighted by atomic mass is 35.5. The molecular formula is C15H17ClN2O2S. The summed E-state index contributed by atoms with van der Waals surface area (Å²) in [6.07, 6.45) is 2.27. The molecule has 0 spiro atoms. The van der Waals surface area contributed by atoms with Gasteiger partial charge in [0, 0.05) is 31.4 Å². The van der Waals surface area contributed by atoms with E-state index in [1.165, 1.54) is 10.4 Å². The van der Waals surface area contributed by atoms with Crippen molar-refractivity contribution in [2.45, 2.75) is 18.2 Å².